The van der Waals surface area contributed by atoms with Gasteiger partial charge in [-0.05, 0) is 30.8 Å². The standard InChI is InChI=1S/C15H18N2OS/c1-16-12-13-5-7-14(8-6-13)19-11-10-17-9-3-2-4-15(17)18/h2-9,16H,10-12H2,1H3. The molecule has 0 bridgehead atoms. The minimum Gasteiger partial charge on any atom is -0.316 e. The molecule has 0 fully saturated rings. The third-order valence-corrected chi connectivity index (χ3v) is 3.80. The molecular formula is C15H18N2OS. The van der Waals surface area contributed by atoms with E-state index < -0.39 is 0 Å². The summed E-state index contributed by atoms with van der Waals surface area (Å²) in [5, 5.41) is 3.13. The number of nitrogens with one attached hydrogen (secondary N) is 1. The Labute approximate surface area is 117 Å². The number of thioether (sulfide) groups is 1. The molecular weight excluding hydrogens is 256 g/mol. The van der Waals surface area contributed by atoms with E-state index in [9.17, 15) is 4.79 Å². The topological polar surface area (TPSA) is 34.0 Å². The Morgan fingerprint density at radius 1 is 1.16 bits per heavy atom. The zero-order valence-electron chi connectivity index (χ0n) is 11.0. The molecule has 0 unspecified atom stereocenters. The smallest absolute Gasteiger partial charge is 0.250 e. The van der Waals surface area contributed by atoms with Gasteiger partial charge in [0.25, 0.3) is 5.56 Å². The molecule has 0 radical (unpaired) electrons. The second kappa shape index (κ2) is 7.16. The highest BCUT2D eigenvalue weighted by Gasteiger charge is 1.97. The lowest BCUT2D eigenvalue weighted by molar-refractivity contribution is 0.735. The maximum Gasteiger partial charge on any atom is 0.250 e. The fourth-order valence-corrected chi connectivity index (χ4v) is 2.67. The second-order valence-electron chi connectivity index (χ2n) is 4.26. The van der Waals surface area contributed by atoms with E-state index in [1.807, 2.05) is 19.3 Å². The van der Waals surface area contributed by atoms with Crippen molar-refractivity contribution in [2.24, 2.45) is 0 Å². The van der Waals surface area contributed by atoms with E-state index in [1.54, 1.807) is 28.5 Å². The predicted molar refractivity (Wildman–Crippen MR) is 80.6 cm³/mol. The summed E-state index contributed by atoms with van der Waals surface area (Å²) in [6, 6.07) is 13.8. The lowest BCUT2D eigenvalue weighted by atomic mass is 10.2. The van der Waals surface area contributed by atoms with Crippen molar-refractivity contribution in [1.29, 1.82) is 0 Å². The fourth-order valence-electron chi connectivity index (χ4n) is 1.81. The first-order valence-electron chi connectivity index (χ1n) is 6.31. The SMILES string of the molecule is CNCc1ccc(SCCn2ccccc2=O)cc1. The van der Waals surface area contributed by atoms with Gasteiger partial charge in [0.2, 0.25) is 0 Å². The van der Waals surface area contributed by atoms with Crippen LogP contribution in [0.25, 0.3) is 0 Å². The van der Waals surface area contributed by atoms with E-state index in [-0.39, 0.29) is 5.56 Å². The van der Waals surface area contributed by atoms with E-state index in [4.69, 9.17) is 0 Å². The first kappa shape index (κ1) is 13.9. The first-order valence-corrected chi connectivity index (χ1v) is 7.30. The van der Waals surface area contributed by atoms with Crippen molar-refractivity contribution in [2.45, 2.75) is 18.0 Å². The molecule has 4 heteroatoms. The molecule has 100 valence electrons. The average Bonchev–Trinajstić information content (AvgIpc) is 2.43. The van der Waals surface area contributed by atoms with Crippen molar-refractivity contribution in [3.63, 3.8) is 0 Å². The van der Waals surface area contributed by atoms with Gasteiger partial charge in [0.15, 0.2) is 0 Å². The van der Waals surface area contributed by atoms with Crippen molar-refractivity contribution >= 4 is 11.8 Å². The van der Waals surface area contributed by atoms with Gasteiger partial charge in [-0.25, -0.2) is 0 Å². The second-order valence-corrected chi connectivity index (χ2v) is 5.42. The third-order valence-electron chi connectivity index (χ3n) is 2.80. The molecule has 0 aliphatic rings. The normalized spacial score (nSPS) is 10.6. The summed E-state index contributed by atoms with van der Waals surface area (Å²) in [7, 11) is 1.94. The van der Waals surface area contributed by atoms with Crippen molar-refractivity contribution in [3.05, 3.63) is 64.6 Å². The molecule has 0 saturated heterocycles. The minimum absolute atomic E-state index is 0.0625. The average molecular weight is 274 g/mol. The van der Waals surface area contributed by atoms with Gasteiger partial charge in [-0.1, -0.05) is 18.2 Å². The number of rotatable bonds is 6. The number of aryl methyl sites for hydroxylation is 1. The Morgan fingerprint density at radius 3 is 2.63 bits per heavy atom. The van der Waals surface area contributed by atoms with Gasteiger partial charge in [-0.2, -0.15) is 0 Å². The fraction of sp³-hybridized carbons (Fsp3) is 0.267. The van der Waals surface area contributed by atoms with Gasteiger partial charge in [0.1, 0.15) is 0 Å². The number of hydrogen-bond donors (Lipinski definition) is 1. The van der Waals surface area contributed by atoms with Crippen LogP contribution in [-0.2, 0) is 13.1 Å². The Morgan fingerprint density at radius 2 is 1.95 bits per heavy atom. The molecule has 1 heterocycles. The highest BCUT2D eigenvalue weighted by atomic mass is 32.2. The lowest BCUT2D eigenvalue weighted by Gasteiger charge is -2.06. The molecule has 3 nitrogen and oxygen atoms in total. The van der Waals surface area contributed by atoms with E-state index in [2.05, 4.69) is 29.6 Å². The summed E-state index contributed by atoms with van der Waals surface area (Å²) < 4.78 is 1.74. The Kier molecular flexibility index (Phi) is 5.24. The molecule has 1 N–H and O–H groups in total. The molecule has 1 aromatic carbocycles. The quantitative estimate of drug-likeness (QED) is 0.821. The summed E-state index contributed by atoms with van der Waals surface area (Å²) in [6.45, 7) is 1.63. The van der Waals surface area contributed by atoms with Crippen LogP contribution in [0.1, 0.15) is 5.56 Å². The monoisotopic (exact) mass is 274 g/mol. The van der Waals surface area contributed by atoms with Crippen LogP contribution in [0.15, 0.2) is 58.4 Å². The van der Waals surface area contributed by atoms with Crippen LogP contribution in [0.3, 0.4) is 0 Å². The highest BCUT2D eigenvalue weighted by Crippen LogP contribution is 2.18. The van der Waals surface area contributed by atoms with Crippen molar-refractivity contribution in [3.8, 4) is 0 Å². The van der Waals surface area contributed by atoms with Gasteiger partial charge in [0, 0.05) is 36.0 Å². The Hall–Kier alpha value is -1.52. The van der Waals surface area contributed by atoms with Gasteiger partial charge >= 0.3 is 0 Å². The Balaban J connectivity index is 1.86. The minimum atomic E-state index is 0.0625. The van der Waals surface area contributed by atoms with Gasteiger partial charge in [-0.3, -0.25) is 4.79 Å². The number of aromatic nitrogens is 1. The number of benzene rings is 1. The number of hydrogen-bond acceptors (Lipinski definition) is 3. The first-order chi connectivity index (χ1) is 9.29. The summed E-state index contributed by atoms with van der Waals surface area (Å²) in [6.07, 6.45) is 1.83. The van der Waals surface area contributed by atoms with Gasteiger partial charge in [-0.15, -0.1) is 11.8 Å². The number of pyridine rings is 1. The van der Waals surface area contributed by atoms with Crippen molar-refractivity contribution in [1.82, 2.24) is 9.88 Å². The predicted octanol–water partition coefficient (Wildman–Crippen LogP) is 2.36. The molecule has 0 aliphatic heterocycles. The maximum absolute atomic E-state index is 11.5. The molecule has 2 rings (SSSR count). The van der Waals surface area contributed by atoms with Crippen LogP contribution in [0.5, 0.6) is 0 Å². The molecule has 0 saturated carbocycles. The van der Waals surface area contributed by atoms with Crippen LogP contribution < -0.4 is 10.9 Å². The molecule has 0 amide bonds. The molecule has 19 heavy (non-hydrogen) atoms. The summed E-state index contributed by atoms with van der Waals surface area (Å²) in [5.41, 5.74) is 1.35. The van der Waals surface area contributed by atoms with E-state index >= 15 is 0 Å². The Bertz CT molecular complexity index is 563. The molecule has 0 spiro atoms. The summed E-state index contributed by atoms with van der Waals surface area (Å²) in [4.78, 5) is 12.8. The lowest BCUT2D eigenvalue weighted by Crippen LogP contribution is -2.18. The molecule has 0 atom stereocenters. The number of nitrogens with zero attached hydrogens (tertiary/aromatic N) is 1. The zero-order chi connectivity index (χ0) is 13.5. The molecule has 2 aromatic rings. The van der Waals surface area contributed by atoms with E-state index in [0.717, 1.165) is 18.8 Å². The highest BCUT2D eigenvalue weighted by molar-refractivity contribution is 7.99. The zero-order valence-corrected chi connectivity index (χ0v) is 11.8. The maximum atomic E-state index is 11.5. The van der Waals surface area contributed by atoms with E-state index in [1.165, 1.54) is 10.5 Å². The van der Waals surface area contributed by atoms with Gasteiger partial charge < -0.3 is 9.88 Å². The van der Waals surface area contributed by atoms with E-state index in [0.29, 0.717) is 0 Å². The largest absolute Gasteiger partial charge is 0.316 e. The summed E-state index contributed by atoms with van der Waals surface area (Å²) in [5.74, 6) is 0.898. The van der Waals surface area contributed by atoms with Crippen LogP contribution in [0.4, 0.5) is 0 Å². The molecule has 1 aromatic heterocycles. The summed E-state index contributed by atoms with van der Waals surface area (Å²) >= 11 is 1.77. The van der Waals surface area contributed by atoms with Crippen LogP contribution >= 0.6 is 11.8 Å². The van der Waals surface area contributed by atoms with Crippen LogP contribution in [0.2, 0.25) is 0 Å². The third kappa shape index (κ3) is 4.26. The van der Waals surface area contributed by atoms with Crippen LogP contribution in [0, 0.1) is 0 Å². The van der Waals surface area contributed by atoms with Crippen LogP contribution in [-0.4, -0.2) is 17.4 Å². The van der Waals surface area contributed by atoms with Crippen molar-refractivity contribution < 1.29 is 0 Å². The molecule has 0 aliphatic carbocycles. The van der Waals surface area contributed by atoms with Gasteiger partial charge in [0.05, 0.1) is 0 Å². The van der Waals surface area contributed by atoms with Crippen molar-refractivity contribution in [2.75, 3.05) is 12.8 Å².